The Balaban J connectivity index is -0.0000000520. The molecule has 148 valence electrons. The molecule has 0 spiro atoms. The Morgan fingerprint density at radius 1 is 0.815 bits per heavy atom. The van der Waals surface area contributed by atoms with Crippen LogP contribution in [0.2, 0.25) is 0 Å². The fourth-order valence-electron chi connectivity index (χ4n) is 0.969. The summed E-state index contributed by atoms with van der Waals surface area (Å²) in [5, 5.41) is 0. The van der Waals surface area contributed by atoms with Crippen LogP contribution < -0.4 is 0 Å². The van der Waals surface area contributed by atoms with Crippen molar-refractivity contribution in [3.8, 4) is 0 Å². The molecule has 0 aliphatic rings. The summed E-state index contributed by atoms with van der Waals surface area (Å²) in [7, 11) is 4.01. The zero-order valence-corrected chi connectivity index (χ0v) is 23.6. The van der Waals surface area contributed by atoms with Gasteiger partial charge in [-0.05, 0) is 14.1 Å². The fraction of sp³-hybridized carbons (Fsp3) is 0.304. The first-order chi connectivity index (χ1) is 12.3. The quantitative estimate of drug-likeness (QED) is 0.280. The van der Waals surface area contributed by atoms with E-state index in [1.54, 1.807) is 0 Å². The molecule has 0 aliphatic carbocycles. The van der Waals surface area contributed by atoms with E-state index in [9.17, 15) is 0 Å². The third kappa shape index (κ3) is 58.5. The third-order valence-electron chi connectivity index (χ3n) is 1.85. The second kappa shape index (κ2) is 50.2. The van der Waals surface area contributed by atoms with Crippen molar-refractivity contribution < 1.29 is 70.2 Å². The van der Waals surface area contributed by atoms with E-state index in [-0.39, 0.29) is 65.4 Å². The molecule has 2 radical (unpaired) electrons. The topological polar surface area (TPSA) is 20.3 Å². The van der Waals surface area contributed by atoms with Crippen LogP contribution in [-0.2, 0) is 70.2 Å². The second-order valence-corrected chi connectivity index (χ2v) is 3.83. The maximum Gasteiger partial charge on any atom is 0 e. The Kier molecular flexibility index (Phi) is 76.9. The molecule has 4 heteroatoms. The predicted octanol–water partition coefficient (Wildman–Crippen LogP) is 6.03. The monoisotopic (exact) mass is 519 g/mol. The molecule has 0 bridgehead atoms. The van der Waals surface area contributed by atoms with Gasteiger partial charge in [0, 0.05) is 65.4 Å². The van der Waals surface area contributed by atoms with Gasteiger partial charge in [-0.25, -0.2) is 0 Å². The van der Waals surface area contributed by atoms with Crippen LogP contribution in [0.25, 0.3) is 0 Å². The maximum absolute atomic E-state index is 7.75. The smallest absolute Gasteiger partial charge is 0 e. The average Bonchev–Trinajstić information content (AvgIpc) is 2.74. The van der Waals surface area contributed by atoms with E-state index in [2.05, 4.69) is 32.0 Å². The minimum atomic E-state index is 0. The van der Waals surface area contributed by atoms with Crippen molar-refractivity contribution in [2.75, 3.05) is 14.1 Å². The van der Waals surface area contributed by atoms with Gasteiger partial charge in [0.05, 0.1) is 0 Å². The van der Waals surface area contributed by atoms with Gasteiger partial charge >= 0.3 is 0 Å². The Bertz CT molecular complexity index is 313. The van der Waals surface area contributed by atoms with Gasteiger partial charge in [0.15, 0.2) is 0 Å². The van der Waals surface area contributed by atoms with E-state index < -0.39 is 0 Å². The van der Waals surface area contributed by atoms with Crippen LogP contribution in [0.4, 0.5) is 0 Å². The van der Waals surface area contributed by atoms with Gasteiger partial charge in [-0.1, -0.05) is 27.7 Å². The Morgan fingerprint density at radius 2 is 1.11 bits per heavy atom. The summed E-state index contributed by atoms with van der Waals surface area (Å²) in [6.45, 7) is 16.9. The molecule has 2 nitrogen and oxygen atoms in total. The standard InChI is InChI=1S/C6H12N.2C6H5.2C2H6.CHO.2Y/c1-4-5-6-7(2)3;2*1-2-4-6-5-3-1;3*1-2;;/h4,6H,1,5H2,2-3H3;2*1-5H;2*1-2H3;1H;;/q3*-1;;;-1;;. The summed E-state index contributed by atoms with van der Waals surface area (Å²) in [5.74, 6) is 0. The fourth-order valence-corrected chi connectivity index (χ4v) is 0.969. The van der Waals surface area contributed by atoms with Crippen molar-refractivity contribution in [2.24, 2.45) is 0 Å². The summed E-state index contributed by atoms with van der Waals surface area (Å²) in [6, 6.07) is 25.0. The first-order valence-corrected chi connectivity index (χ1v) is 8.43. The third-order valence-corrected chi connectivity index (χ3v) is 1.85. The molecule has 2 aromatic rings. The number of benzene rings is 2. The van der Waals surface area contributed by atoms with Crippen molar-refractivity contribution in [1.29, 1.82) is 0 Å². The molecule has 0 unspecified atom stereocenters. The van der Waals surface area contributed by atoms with Crippen LogP contribution in [0.15, 0.2) is 73.3 Å². The first kappa shape index (κ1) is 41.4. The normalized spacial score (nSPS) is 6.63. The molecule has 2 aromatic carbocycles. The minimum absolute atomic E-state index is 0. The molecule has 0 fully saturated rings. The number of hydrogen-bond acceptors (Lipinski definition) is 2. The minimum Gasteiger partial charge on any atom is -0.545 e. The maximum atomic E-state index is 7.75. The van der Waals surface area contributed by atoms with Gasteiger partial charge in [0.1, 0.15) is 0 Å². The van der Waals surface area contributed by atoms with E-state index in [1.807, 2.05) is 113 Å². The average molecular weight is 519 g/mol. The number of rotatable bonds is 3. The molecule has 0 N–H and O–H groups in total. The Hall–Kier alpha value is 0.0178. The summed E-state index contributed by atoms with van der Waals surface area (Å²) in [4.78, 5) is 9.77. The van der Waals surface area contributed by atoms with E-state index >= 15 is 0 Å². The van der Waals surface area contributed by atoms with Crippen molar-refractivity contribution in [3.05, 3.63) is 92.0 Å². The van der Waals surface area contributed by atoms with Crippen LogP contribution in [-0.4, -0.2) is 25.8 Å². The zero-order chi connectivity index (χ0) is 20.2. The predicted molar refractivity (Wildman–Crippen MR) is 113 cm³/mol. The van der Waals surface area contributed by atoms with Crippen molar-refractivity contribution >= 4 is 6.79 Å². The molecule has 0 heterocycles. The molecule has 0 aliphatic heterocycles. The summed E-state index contributed by atoms with van der Waals surface area (Å²) < 4.78 is 0. The Labute approximate surface area is 220 Å². The van der Waals surface area contributed by atoms with Crippen LogP contribution >= 0.6 is 0 Å². The largest absolute Gasteiger partial charge is 0.545 e. The van der Waals surface area contributed by atoms with E-state index in [0.717, 1.165) is 6.42 Å². The summed E-state index contributed by atoms with van der Waals surface area (Å²) >= 11 is 0. The summed E-state index contributed by atoms with van der Waals surface area (Å²) in [5.41, 5.74) is 0. The van der Waals surface area contributed by atoms with Crippen molar-refractivity contribution in [3.63, 3.8) is 0 Å². The number of hydrogen-bond donors (Lipinski definition) is 0. The van der Waals surface area contributed by atoms with Gasteiger partial charge in [-0.3, -0.25) is 13.3 Å². The molecule has 0 atom stereocenters. The van der Waals surface area contributed by atoms with Gasteiger partial charge in [0.25, 0.3) is 0 Å². The number of nitrogens with zero attached hydrogens (tertiary/aromatic N) is 1. The van der Waals surface area contributed by atoms with Gasteiger partial charge in [0.2, 0.25) is 0 Å². The second-order valence-electron chi connectivity index (χ2n) is 3.83. The van der Waals surface area contributed by atoms with Crippen LogP contribution in [0.1, 0.15) is 34.1 Å². The molecule has 0 aromatic heterocycles. The van der Waals surface area contributed by atoms with Crippen LogP contribution in [0.3, 0.4) is 0 Å². The molecule has 27 heavy (non-hydrogen) atoms. The van der Waals surface area contributed by atoms with Crippen molar-refractivity contribution in [2.45, 2.75) is 34.1 Å². The molecular formula is C23H35NOY2-4. The SMILES string of the molecule is C=CC[CH-]N(C)C.CC.CC.[CH-]=O.[Y].[Y].[c-]1ccccc1.[c-]1ccccc1. The van der Waals surface area contributed by atoms with E-state index in [1.165, 1.54) is 0 Å². The number of carbonyl (C=O) groups excluding carboxylic acids is 1. The molecule has 0 saturated carbocycles. The Morgan fingerprint density at radius 3 is 1.19 bits per heavy atom. The molecule has 2 rings (SSSR count). The molecule has 0 saturated heterocycles. The zero-order valence-electron chi connectivity index (χ0n) is 17.9. The summed E-state index contributed by atoms with van der Waals surface area (Å²) in [6.07, 6.45) is 2.84. The molecular weight excluding hydrogens is 484 g/mol. The van der Waals surface area contributed by atoms with Gasteiger partial charge in [-0.15, -0.1) is 19.1 Å². The van der Waals surface area contributed by atoms with E-state index in [0.29, 0.717) is 0 Å². The van der Waals surface area contributed by atoms with Gasteiger partial charge < -0.3 is 9.69 Å². The molecule has 0 amide bonds. The first-order valence-electron chi connectivity index (χ1n) is 8.43. The van der Waals surface area contributed by atoms with Gasteiger partial charge in [-0.2, -0.15) is 72.8 Å². The van der Waals surface area contributed by atoms with Crippen LogP contribution in [0.5, 0.6) is 0 Å². The van der Waals surface area contributed by atoms with E-state index in [4.69, 9.17) is 4.79 Å². The van der Waals surface area contributed by atoms with Crippen molar-refractivity contribution in [1.82, 2.24) is 4.90 Å². The van der Waals surface area contributed by atoms with Crippen LogP contribution in [0, 0.1) is 18.7 Å².